The van der Waals surface area contributed by atoms with Crippen molar-refractivity contribution in [2.24, 2.45) is 0 Å². The van der Waals surface area contributed by atoms with Crippen molar-refractivity contribution in [1.82, 2.24) is 15.0 Å². The fourth-order valence-electron chi connectivity index (χ4n) is 2.00. The molecule has 2 N–H and O–H groups in total. The van der Waals surface area contributed by atoms with Gasteiger partial charge in [-0.2, -0.15) is 0 Å². The Balaban J connectivity index is 1.94. The van der Waals surface area contributed by atoms with Gasteiger partial charge in [-0.25, -0.2) is 4.98 Å². The van der Waals surface area contributed by atoms with E-state index in [4.69, 9.17) is 0 Å². The monoisotopic (exact) mass is 271 g/mol. The fourth-order valence-corrected chi connectivity index (χ4v) is 2.90. The van der Waals surface area contributed by atoms with Crippen molar-refractivity contribution >= 4 is 22.7 Å². The van der Waals surface area contributed by atoms with Crippen LogP contribution in [0.15, 0.2) is 46.5 Å². The van der Waals surface area contributed by atoms with Gasteiger partial charge in [0.2, 0.25) is 5.56 Å². The van der Waals surface area contributed by atoms with Crippen molar-refractivity contribution in [2.75, 3.05) is 0 Å². The Morgan fingerprint density at radius 2 is 2.11 bits per heavy atom. The molecule has 3 rings (SSSR count). The molecule has 0 aliphatic heterocycles. The van der Waals surface area contributed by atoms with Gasteiger partial charge in [-0.05, 0) is 18.6 Å². The van der Waals surface area contributed by atoms with Crippen LogP contribution in [-0.2, 0) is 5.75 Å². The van der Waals surface area contributed by atoms with E-state index in [9.17, 15) is 4.79 Å². The molecule has 2 heterocycles. The average Bonchev–Trinajstić information content (AvgIpc) is 2.81. The van der Waals surface area contributed by atoms with Crippen molar-refractivity contribution in [1.29, 1.82) is 0 Å². The quantitative estimate of drug-likeness (QED) is 0.720. The maximum Gasteiger partial charge on any atom is 0.248 e. The summed E-state index contributed by atoms with van der Waals surface area (Å²) in [6, 6.07) is 9.50. The third kappa shape index (κ3) is 2.56. The maximum atomic E-state index is 11.6. The molecule has 1 aromatic carbocycles. The number of hydrogen-bond donors (Lipinski definition) is 2. The molecular weight excluding hydrogens is 258 g/mol. The number of aromatic nitrogens is 3. The number of hydrogen-bond acceptors (Lipinski definition) is 3. The Morgan fingerprint density at radius 3 is 2.89 bits per heavy atom. The van der Waals surface area contributed by atoms with Gasteiger partial charge in [-0.3, -0.25) is 4.79 Å². The molecule has 4 nitrogen and oxygen atoms in total. The first-order valence-electron chi connectivity index (χ1n) is 5.98. The van der Waals surface area contributed by atoms with Gasteiger partial charge >= 0.3 is 0 Å². The SMILES string of the molecule is Cc1cnc(SCc2cc(=O)[nH]c3ccccc23)[nH]1. The third-order valence-corrected chi connectivity index (χ3v) is 3.82. The van der Waals surface area contributed by atoms with Crippen LogP contribution in [0.3, 0.4) is 0 Å². The molecule has 0 bridgehead atoms. The first-order valence-corrected chi connectivity index (χ1v) is 6.96. The number of aromatic amines is 2. The van der Waals surface area contributed by atoms with E-state index in [-0.39, 0.29) is 5.56 Å². The van der Waals surface area contributed by atoms with E-state index >= 15 is 0 Å². The van der Waals surface area contributed by atoms with Crippen molar-refractivity contribution < 1.29 is 0 Å². The maximum absolute atomic E-state index is 11.6. The molecule has 0 unspecified atom stereocenters. The predicted octanol–water partition coefficient (Wildman–Crippen LogP) is 2.85. The summed E-state index contributed by atoms with van der Waals surface area (Å²) >= 11 is 1.60. The van der Waals surface area contributed by atoms with Crippen LogP contribution in [0.25, 0.3) is 10.9 Å². The van der Waals surface area contributed by atoms with Gasteiger partial charge in [0.05, 0.1) is 0 Å². The summed E-state index contributed by atoms with van der Waals surface area (Å²) in [5.74, 6) is 0.720. The normalized spacial score (nSPS) is 11.0. The fraction of sp³-hybridized carbons (Fsp3) is 0.143. The van der Waals surface area contributed by atoms with Crippen LogP contribution in [0.4, 0.5) is 0 Å². The summed E-state index contributed by atoms with van der Waals surface area (Å²) in [5.41, 5.74) is 2.88. The van der Waals surface area contributed by atoms with Gasteiger partial charge in [0.25, 0.3) is 0 Å². The number of para-hydroxylation sites is 1. The van der Waals surface area contributed by atoms with E-state index in [0.717, 1.165) is 33.1 Å². The molecule has 0 radical (unpaired) electrons. The minimum absolute atomic E-state index is 0.0649. The lowest BCUT2D eigenvalue weighted by molar-refractivity contribution is 1.04. The number of thioether (sulfide) groups is 1. The highest BCUT2D eigenvalue weighted by molar-refractivity contribution is 7.98. The van der Waals surface area contributed by atoms with Crippen molar-refractivity contribution in [3.63, 3.8) is 0 Å². The zero-order valence-corrected chi connectivity index (χ0v) is 11.3. The van der Waals surface area contributed by atoms with Crippen LogP contribution in [0.2, 0.25) is 0 Å². The Morgan fingerprint density at radius 1 is 1.26 bits per heavy atom. The zero-order valence-electron chi connectivity index (χ0n) is 10.4. The number of aryl methyl sites for hydroxylation is 1. The Hall–Kier alpha value is -2.01. The smallest absolute Gasteiger partial charge is 0.248 e. The lowest BCUT2D eigenvalue weighted by Crippen LogP contribution is -2.05. The second kappa shape index (κ2) is 4.93. The lowest BCUT2D eigenvalue weighted by Gasteiger charge is -2.04. The van der Waals surface area contributed by atoms with Crippen LogP contribution < -0.4 is 5.56 Å². The van der Waals surface area contributed by atoms with Gasteiger partial charge in [0, 0.05) is 34.6 Å². The Labute approximate surface area is 114 Å². The van der Waals surface area contributed by atoms with Crippen LogP contribution >= 0.6 is 11.8 Å². The van der Waals surface area contributed by atoms with Crippen LogP contribution in [0.5, 0.6) is 0 Å². The van der Waals surface area contributed by atoms with Crippen molar-refractivity contribution in [3.05, 3.63) is 58.1 Å². The van der Waals surface area contributed by atoms with Gasteiger partial charge in [0.15, 0.2) is 5.16 Å². The molecule has 5 heteroatoms. The molecule has 0 saturated carbocycles. The van der Waals surface area contributed by atoms with E-state index in [2.05, 4.69) is 15.0 Å². The molecular formula is C14H13N3OS. The van der Waals surface area contributed by atoms with Crippen LogP contribution in [-0.4, -0.2) is 15.0 Å². The topological polar surface area (TPSA) is 61.5 Å². The molecule has 0 amide bonds. The standard InChI is InChI=1S/C14H13N3OS/c1-9-7-15-14(16-9)19-8-10-6-13(18)17-12-5-3-2-4-11(10)12/h2-7H,8H2,1H3,(H,15,16)(H,17,18). The number of rotatable bonds is 3. The second-order valence-corrected chi connectivity index (χ2v) is 5.33. The van der Waals surface area contributed by atoms with Crippen LogP contribution in [0, 0.1) is 6.92 Å². The van der Waals surface area contributed by atoms with E-state index < -0.39 is 0 Å². The van der Waals surface area contributed by atoms with E-state index in [1.165, 1.54) is 0 Å². The number of benzene rings is 1. The molecule has 19 heavy (non-hydrogen) atoms. The lowest BCUT2D eigenvalue weighted by atomic mass is 10.1. The number of nitrogens with one attached hydrogen (secondary N) is 2. The zero-order chi connectivity index (χ0) is 13.2. The molecule has 3 aromatic rings. The molecule has 0 saturated heterocycles. The first-order chi connectivity index (χ1) is 9.22. The Bertz CT molecular complexity index is 775. The van der Waals surface area contributed by atoms with Gasteiger partial charge < -0.3 is 9.97 Å². The Kier molecular flexibility index (Phi) is 3.13. The van der Waals surface area contributed by atoms with Gasteiger partial charge in [-0.1, -0.05) is 30.0 Å². The van der Waals surface area contributed by atoms with Gasteiger partial charge in [-0.15, -0.1) is 0 Å². The number of H-pyrrole nitrogens is 2. The van der Waals surface area contributed by atoms with E-state index in [1.807, 2.05) is 31.2 Å². The van der Waals surface area contributed by atoms with Gasteiger partial charge in [0.1, 0.15) is 0 Å². The summed E-state index contributed by atoms with van der Waals surface area (Å²) in [7, 11) is 0. The molecule has 0 atom stereocenters. The highest BCUT2D eigenvalue weighted by Gasteiger charge is 2.05. The molecule has 96 valence electrons. The third-order valence-electron chi connectivity index (χ3n) is 2.88. The summed E-state index contributed by atoms with van der Waals surface area (Å²) < 4.78 is 0. The van der Waals surface area contributed by atoms with Crippen LogP contribution in [0.1, 0.15) is 11.3 Å². The molecule has 0 fully saturated rings. The molecule has 2 aromatic heterocycles. The minimum Gasteiger partial charge on any atom is -0.337 e. The minimum atomic E-state index is -0.0649. The molecule has 0 spiro atoms. The van der Waals surface area contributed by atoms with E-state index in [0.29, 0.717) is 0 Å². The number of fused-ring (bicyclic) bond motifs is 1. The number of pyridine rings is 1. The number of nitrogens with zero attached hydrogens (tertiary/aromatic N) is 1. The summed E-state index contributed by atoms with van der Waals surface area (Å²) in [6.07, 6.45) is 1.80. The predicted molar refractivity (Wildman–Crippen MR) is 77.5 cm³/mol. The molecule has 0 aliphatic rings. The molecule has 0 aliphatic carbocycles. The highest BCUT2D eigenvalue weighted by atomic mass is 32.2. The van der Waals surface area contributed by atoms with Crippen molar-refractivity contribution in [3.8, 4) is 0 Å². The first kappa shape index (κ1) is 12.0. The summed E-state index contributed by atoms with van der Waals surface area (Å²) in [6.45, 7) is 1.97. The average molecular weight is 271 g/mol. The summed E-state index contributed by atoms with van der Waals surface area (Å²) in [5, 5.41) is 1.96. The summed E-state index contributed by atoms with van der Waals surface area (Å²) in [4.78, 5) is 21.9. The van der Waals surface area contributed by atoms with Crippen molar-refractivity contribution in [2.45, 2.75) is 17.8 Å². The largest absolute Gasteiger partial charge is 0.337 e. The second-order valence-electron chi connectivity index (χ2n) is 4.36. The number of imidazole rings is 1. The van der Waals surface area contributed by atoms with E-state index in [1.54, 1.807) is 24.0 Å². The highest BCUT2D eigenvalue weighted by Crippen LogP contribution is 2.23.